The van der Waals surface area contributed by atoms with Gasteiger partial charge in [-0.15, -0.1) is 0 Å². The zero-order chi connectivity index (χ0) is 50.9. The Labute approximate surface area is 451 Å². The summed E-state index contributed by atoms with van der Waals surface area (Å²) in [4.78, 5) is 2.50. The van der Waals surface area contributed by atoms with Crippen LogP contribution < -0.4 is 25.6 Å². The Morgan fingerprint density at radius 2 is 0.714 bits per heavy atom. The lowest BCUT2D eigenvalue weighted by atomic mass is 9.70. The maximum absolute atomic E-state index is 2.67. The highest BCUT2D eigenvalue weighted by atomic mass is 28.3. The van der Waals surface area contributed by atoms with Gasteiger partial charge in [-0.1, -0.05) is 255 Å². The first-order valence-electron chi connectivity index (χ1n) is 27.1. The van der Waals surface area contributed by atoms with E-state index in [0.29, 0.717) is 0 Å². The van der Waals surface area contributed by atoms with Crippen LogP contribution in [-0.2, 0) is 10.8 Å². The second-order valence-corrected chi connectivity index (χ2v) is 25.3. The van der Waals surface area contributed by atoms with E-state index in [1.54, 1.807) is 0 Å². The molecule has 3 aliphatic carbocycles. The molecule has 360 valence electrons. The minimum absolute atomic E-state index is 0.350. The second kappa shape index (κ2) is 16.6. The van der Waals surface area contributed by atoms with E-state index in [9.17, 15) is 0 Å². The van der Waals surface area contributed by atoms with Gasteiger partial charge in [0.25, 0.3) is 0 Å². The van der Waals surface area contributed by atoms with Crippen molar-refractivity contribution in [3.05, 3.63) is 330 Å². The molecule has 2 heteroatoms. The molecule has 4 aliphatic rings. The van der Waals surface area contributed by atoms with Crippen LogP contribution in [0.25, 0.3) is 55.6 Å². The van der Waals surface area contributed by atoms with Gasteiger partial charge in [0, 0.05) is 22.5 Å². The quantitative estimate of drug-likeness (QED) is 0.144. The van der Waals surface area contributed by atoms with E-state index in [1.807, 2.05) is 0 Å². The molecule has 0 aromatic heterocycles. The van der Waals surface area contributed by atoms with Crippen LogP contribution in [0.5, 0.6) is 0 Å². The van der Waals surface area contributed by atoms with E-state index in [4.69, 9.17) is 0 Å². The van der Waals surface area contributed by atoms with E-state index < -0.39 is 13.5 Å². The summed E-state index contributed by atoms with van der Waals surface area (Å²) in [5, 5.41) is 5.72. The van der Waals surface area contributed by atoms with Gasteiger partial charge in [0.15, 0.2) is 8.07 Å². The highest BCUT2D eigenvalue weighted by Gasteiger charge is 2.52. The summed E-state index contributed by atoms with van der Waals surface area (Å²) in [5.41, 5.74) is 24.8. The average molecular weight is 994 g/mol. The van der Waals surface area contributed by atoms with Crippen molar-refractivity contribution in [2.45, 2.75) is 17.8 Å². The van der Waals surface area contributed by atoms with Gasteiger partial charge in [-0.05, 0) is 159 Å². The highest BCUT2D eigenvalue weighted by Crippen LogP contribution is 2.63. The van der Waals surface area contributed by atoms with Crippen molar-refractivity contribution in [1.82, 2.24) is 0 Å². The molecule has 16 rings (SSSR count). The van der Waals surface area contributed by atoms with E-state index in [1.165, 1.54) is 115 Å². The van der Waals surface area contributed by atoms with E-state index >= 15 is 0 Å². The number of anilines is 3. The molecule has 0 bridgehead atoms. The predicted octanol–water partition coefficient (Wildman–Crippen LogP) is 15.9. The summed E-state index contributed by atoms with van der Waals surface area (Å²) in [6, 6.07) is 110. The Hall–Kier alpha value is -9.34. The molecule has 0 fully saturated rings. The number of fused-ring (bicyclic) bond motifs is 16. The molecule has 0 saturated heterocycles. The average Bonchev–Trinajstić information content (AvgIpc) is 4.22. The van der Waals surface area contributed by atoms with Crippen LogP contribution in [0, 0.1) is 0 Å². The Bertz CT molecular complexity index is 4270. The topological polar surface area (TPSA) is 3.24 Å². The third-order valence-corrected chi connectivity index (χ3v) is 22.9. The van der Waals surface area contributed by atoms with Crippen molar-refractivity contribution in [2.75, 3.05) is 4.90 Å². The molecule has 1 atom stereocenters. The largest absolute Gasteiger partial charge is 0.310 e. The standard InChI is InChI=1S/C75H51NSi/c1-74(52-22-4-2-5-23-52)66-33-14-8-27-58(66)62-45-43-55(49-71(62)74)76(54-44-46-70-65(48-54)61-30-11-17-36-69(61)75(70)67-34-15-9-28-59(67)60-29-10-16-35-68(60)75)53-41-39-50(40-42-53)51-21-20-26-57(47-51)77(56-24-6-3-7-25-56)72-37-18-12-31-63(72)64-32-13-19-38-73(64)77/h2-49H,1H3. The molecule has 0 saturated carbocycles. The minimum atomic E-state index is -2.67. The number of nitrogens with zero attached hydrogens (tertiary/aromatic N) is 1. The molecule has 12 aromatic rings. The van der Waals surface area contributed by atoms with Crippen molar-refractivity contribution in [3.63, 3.8) is 0 Å². The lowest BCUT2D eigenvalue weighted by Crippen LogP contribution is -2.72. The first kappa shape index (κ1) is 44.0. The van der Waals surface area contributed by atoms with Crippen molar-refractivity contribution in [2.24, 2.45) is 0 Å². The molecular weight excluding hydrogens is 943 g/mol. The Morgan fingerprint density at radius 3 is 1.34 bits per heavy atom. The van der Waals surface area contributed by atoms with E-state index in [0.717, 1.165) is 17.1 Å². The maximum Gasteiger partial charge on any atom is 0.180 e. The summed E-state index contributed by atoms with van der Waals surface area (Å²) in [6.45, 7) is 2.42. The molecule has 1 aliphatic heterocycles. The normalized spacial score (nSPS) is 15.9. The molecule has 1 unspecified atom stereocenters. The first-order chi connectivity index (χ1) is 38.1. The fourth-order valence-electron chi connectivity index (χ4n) is 14.8. The lowest BCUT2D eigenvalue weighted by molar-refractivity contribution is 0.714. The van der Waals surface area contributed by atoms with Crippen LogP contribution in [0.15, 0.2) is 291 Å². The summed E-state index contributed by atoms with van der Waals surface area (Å²) in [7, 11) is -2.67. The monoisotopic (exact) mass is 993 g/mol. The van der Waals surface area contributed by atoms with Crippen LogP contribution in [-0.4, -0.2) is 8.07 Å². The molecule has 1 nitrogen and oxygen atoms in total. The Kier molecular flexibility index (Phi) is 9.47. The number of hydrogen-bond donors (Lipinski definition) is 0. The van der Waals surface area contributed by atoms with Gasteiger partial charge in [-0.2, -0.15) is 0 Å². The SMILES string of the molecule is CC1(c2ccccc2)c2ccccc2-c2ccc(N(c3ccc(-c4cccc([Si]5(c6ccccc6)c6ccccc6-c6ccccc65)c4)cc3)c3ccc4c(c3)-c3ccccc3C43c4ccccc4-c4ccccc43)cc21. The van der Waals surface area contributed by atoms with Gasteiger partial charge in [0.05, 0.1) is 5.41 Å². The van der Waals surface area contributed by atoms with Crippen LogP contribution in [0.4, 0.5) is 17.1 Å². The molecule has 1 spiro atoms. The molecule has 0 radical (unpaired) electrons. The van der Waals surface area contributed by atoms with Crippen molar-refractivity contribution >= 4 is 45.9 Å². The zero-order valence-electron chi connectivity index (χ0n) is 42.7. The summed E-state index contributed by atoms with van der Waals surface area (Å²) < 4.78 is 0. The smallest absolute Gasteiger partial charge is 0.180 e. The Morgan fingerprint density at radius 1 is 0.273 bits per heavy atom. The second-order valence-electron chi connectivity index (χ2n) is 21.6. The predicted molar refractivity (Wildman–Crippen MR) is 323 cm³/mol. The van der Waals surface area contributed by atoms with Gasteiger partial charge >= 0.3 is 0 Å². The highest BCUT2D eigenvalue weighted by molar-refractivity contribution is 7.22. The minimum Gasteiger partial charge on any atom is -0.310 e. The van der Waals surface area contributed by atoms with Gasteiger partial charge in [-0.3, -0.25) is 0 Å². The van der Waals surface area contributed by atoms with Crippen LogP contribution in [0.3, 0.4) is 0 Å². The summed E-state index contributed by atoms with van der Waals surface area (Å²) in [6.07, 6.45) is 0. The van der Waals surface area contributed by atoms with Crippen molar-refractivity contribution < 1.29 is 0 Å². The summed E-state index contributed by atoms with van der Waals surface area (Å²) >= 11 is 0. The van der Waals surface area contributed by atoms with E-state index in [-0.39, 0.29) is 5.41 Å². The fourth-order valence-corrected chi connectivity index (χ4v) is 20.0. The van der Waals surface area contributed by atoms with Gasteiger partial charge < -0.3 is 4.90 Å². The zero-order valence-corrected chi connectivity index (χ0v) is 43.7. The first-order valence-corrected chi connectivity index (χ1v) is 29.1. The third kappa shape index (κ3) is 5.94. The molecule has 12 aromatic carbocycles. The van der Waals surface area contributed by atoms with Crippen molar-refractivity contribution in [1.29, 1.82) is 0 Å². The molecule has 0 N–H and O–H groups in total. The molecular formula is C75H51NSi. The van der Waals surface area contributed by atoms with Crippen LogP contribution >= 0.6 is 0 Å². The molecule has 0 amide bonds. The Balaban J connectivity index is 0.878. The van der Waals surface area contributed by atoms with Crippen LogP contribution in [0.1, 0.15) is 45.9 Å². The fraction of sp³-hybridized carbons (Fsp3) is 0.0400. The van der Waals surface area contributed by atoms with Crippen LogP contribution in [0.2, 0.25) is 0 Å². The number of hydrogen-bond acceptors (Lipinski definition) is 1. The van der Waals surface area contributed by atoms with Crippen molar-refractivity contribution in [3.8, 4) is 55.6 Å². The molecule has 77 heavy (non-hydrogen) atoms. The summed E-state index contributed by atoms with van der Waals surface area (Å²) in [5.74, 6) is 0. The van der Waals surface area contributed by atoms with Gasteiger partial charge in [0.1, 0.15) is 0 Å². The van der Waals surface area contributed by atoms with Gasteiger partial charge in [-0.25, -0.2) is 0 Å². The van der Waals surface area contributed by atoms with Gasteiger partial charge in [0.2, 0.25) is 0 Å². The molecule has 1 heterocycles. The third-order valence-electron chi connectivity index (χ3n) is 18.1. The lowest BCUT2D eigenvalue weighted by Gasteiger charge is -2.32. The maximum atomic E-state index is 2.50. The van der Waals surface area contributed by atoms with E-state index in [2.05, 4.69) is 303 Å². The number of benzene rings is 12. The number of rotatable bonds is 7.